The molecule has 218 valence electrons. The predicted molar refractivity (Wildman–Crippen MR) is 161 cm³/mol. The third-order valence-electron chi connectivity index (χ3n) is 7.88. The fourth-order valence-electron chi connectivity index (χ4n) is 5.42. The fraction of sp³-hybridized carbons (Fsp3) is 0.433. The van der Waals surface area contributed by atoms with Gasteiger partial charge in [0.1, 0.15) is 5.52 Å². The van der Waals surface area contributed by atoms with E-state index in [9.17, 15) is 18.5 Å². The van der Waals surface area contributed by atoms with Crippen molar-refractivity contribution in [1.82, 2.24) is 24.5 Å². The number of sulfone groups is 1. The Labute approximate surface area is 245 Å². The van der Waals surface area contributed by atoms with Crippen LogP contribution in [0.2, 0.25) is 0 Å². The Hall–Kier alpha value is -4.24. The second kappa shape index (κ2) is 11.9. The average molecular weight is 587 g/mol. The van der Waals surface area contributed by atoms with Gasteiger partial charge in [-0.2, -0.15) is 5.26 Å². The van der Waals surface area contributed by atoms with Crippen LogP contribution in [-0.4, -0.2) is 44.9 Å². The van der Waals surface area contributed by atoms with Gasteiger partial charge in [0.15, 0.2) is 27.1 Å². The summed E-state index contributed by atoms with van der Waals surface area (Å²) in [5, 5.41) is 12.9. The molecule has 0 saturated heterocycles. The van der Waals surface area contributed by atoms with Crippen molar-refractivity contribution in [2.45, 2.75) is 70.4 Å². The van der Waals surface area contributed by atoms with Crippen molar-refractivity contribution in [2.24, 2.45) is 16.8 Å². The van der Waals surface area contributed by atoms with Crippen molar-refractivity contribution < 1.29 is 8.42 Å². The minimum atomic E-state index is -3.37. The molecule has 3 heterocycles. The van der Waals surface area contributed by atoms with Crippen molar-refractivity contribution in [3.63, 3.8) is 0 Å². The molecular formula is C30H34N8O3S. The monoisotopic (exact) mass is 586 g/mol. The highest BCUT2D eigenvalue weighted by molar-refractivity contribution is 7.91. The van der Waals surface area contributed by atoms with Crippen molar-refractivity contribution in [3.05, 3.63) is 64.2 Å². The summed E-state index contributed by atoms with van der Waals surface area (Å²) in [5.41, 5.74) is 3.37. The number of nitrogens with one attached hydrogen (secondary N) is 1. The lowest BCUT2D eigenvalue weighted by Crippen LogP contribution is -2.31. The Morgan fingerprint density at radius 2 is 2.00 bits per heavy atom. The summed E-state index contributed by atoms with van der Waals surface area (Å²) >= 11 is 0. The largest absolute Gasteiger partial charge is 0.360 e. The molecule has 2 unspecified atom stereocenters. The van der Waals surface area contributed by atoms with Gasteiger partial charge in [-0.05, 0) is 69.6 Å². The number of anilines is 1. The first-order chi connectivity index (χ1) is 20.2. The quantitative estimate of drug-likeness (QED) is 0.264. The zero-order chi connectivity index (χ0) is 30.0. The standard InChI is InChI=1S/C30H34N8O3S/c1-5-32-19(4)26(18(3)20-10-11-20)27-35-17-24-29(37-27)38(25-9-7-8-21(25)14-31)30(39)28(36-24)34-15-22-12-13-23(16-33-22)42(40,41)6-2/h5,12-13,16-17,20-21,25H,3,6-11,15H2,1-2,4H3,(H,34,36)/b26-19+,32-5-. The molecule has 0 amide bonds. The van der Waals surface area contributed by atoms with Crippen LogP contribution in [0.25, 0.3) is 16.7 Å². The first kappa shape index (κ1) is 29.3. The number of aliphatic imine (C=N–C) groups is 1. The second-order valence-corrected chi connectivity index (χ2v) is 12.9. The summed E-state index contributed by atoms with van der Waals surface area (Å²) in [6.07, 6.45) is 8.93. The number of allylic oxidation sites excluding steroid dienone is 3. The molecule has 2 aliphatic rings. The summed E-state index contributed by atoms with van der Waals surface area (Å²) in [4.78, 5) is 36.9. The van der Waals surface area contributed by atoms with Crippen molar-refractivity contribution in [1.29, 1.82) is 5.26 Å². The van der Waals surface area contributed by atoms with Gasteiger partial charge in [0.05, 0.1) is 47.1 Å². The highest BCUT2D eigenvalue weighted by Crippen LogP contribution is 2.43. The molecule has 3 aromatic rings. The molecule has 1 N–H and O–H groups in total. The molecule has 2 fully saturated rings. The number of fused-ring (bicyclic) bond motifs is 1. The number of nitrogens with zero attached hydrogens (tertiary/aromatic N) is 7. The summed E-state index contributed by atoms with van der Waals surface area (Å²) in [5.74, 6) is 0.516. The van der Waals surface area contributed by atoms with Crippen LogP contribution in [0.5, 0.6) is 0 Å². The lowest BCUT2D eigenvalue weighted by atomic mass is 10.0. The highest BCUT2D eigenvalue weighted by atomic mass is 32.2. The lowest BCUT2D eigenvalue weighted by Gasteiger charge is -2.21. The van der Waals surface area contributed by atoms with E-state index >= 15 is 0 Å². The number of rotatable bonds is 10. The van der Waals surface area contributed by atoms with Crippen molar-refractivity contribution >= 4 is 38.6 Å². The molecule has 12 heteroatoms. The Kier molecular flexibility index (Phi) is 8.31. The molecule has 2 saturated carbocycles. The van der Waals surface area contributed by atoms with Gasteiger partial charge in [-0.25, -0.2) is 23.4 Å². The molecule has 0 aliphatic heterocycles. The Morgan fingerprint density at radius 3 is 2.64 bits per heavy atom. The first-order valence-corrected chi connectivity index (χ1v) is 15.8. The van der Waals surface area contributed by atoms with Gasteiger partial charge in [0, 0.05) is 23.7 Å². The van der Waals surface area contributed by atoms with Crippen molar-refractivity contribution in [3.8, 4) is 6.07 Å². The first-order valence-electron chi connectivity index (χ1n) is 14.2. The molecule has 0 aromatic carbocycles. The van der Waals surface area contributed by atoms with Crippen LogP contribution >= 0.6 is 0 Å². The van der Waals surface area contributed by atoms with E-state index in [0.717, 1.165) is 36.1 Å². The Morgan fingerprint density at radius 1 is 1.21 bits per heavy atom. The number of hydrogen-bond donors (Lipinski definition) is 1. The number of hydrogen-bond acceptors (Lipinski definition) is 10. The lowest BCUT2D eigenvalue weighted by molar-refractivity contribution is 0.447. The summed E-state index contributed by atoms with van der Waals surface area (Å²) in [6, 6.07) is 5.12. The maximum absolute atomic E-state index is 14.0. The smallest absolute Gasteiger partial charge is 0.295 e. The summed E-state index contributed by atoms with van der Waals surface area (Å²) in [6.45, 7) is 9.79. The van der Waals surface area contributed by atoms with Gasteiger partial charge in [-0.3, -0.25) is 19.3 Å². The van der Waals surface area contributed by atoms with E-state index in [2.05, 4.69) is 37.9 Å². The maximum Gasteiger partial charge on any atom is 0.295 e. The maximum atomic E-state index is 14.0. The number of pyridine rings is 1. The number of nitriles is 1. The molecule has 0 spiro atoms. The van der Waals surface area contributed by atoms with Gasteiger partial charge in [-0.15, -0.1) is 0 Å². The predicted octanol–water partition coefficient (Wildman–Crippen LogP) is 4.64. The van der Waals surface area contributed by atoms with Crippen LogP contribution in [0.1, 0.15) is 70.4 Å². The molecule has 42 heavy (non-hydrogen) atoms. The zero-order valence-corrected chi connectivity index (χ0v) is 24.9. The van der Waals surface area contributed by atoms with E-state index in [1.165, 1.54) is 12.3 Å². The van der Waals surface area contributed by atoms with E-state index in [-0.39, 0.29) is 40.5 Å². The van der Waals surface area contributed by atoms with Gasteiger partial charge < -0.3 is 5.32 Å². The minimum Gasteiger partial charge on any atom is -0.360 e. The molecule has 5 rings (SSSR count). The molecule has 2 atom stereocenters. The van der Waals surface area contributed by atoms with E-state index in [1.807, 2.05) is 13.8 Å². The minimum absolute atomic E-state index is 0.0150. The van der Waals surface area contributed by atoms with E-state index in [4.69, 9.17) is 4.98 Å². The molecule has 11 nitrogen and oxygen atoms in total. The topological polar surface area (TPSA) is 156 Å². The average Bonchev–Trinajstić information content (AvgIpc) is 3.74. The number of aromatic nitrogens is 5. The van der Waals surface area contributed by atoms with Crippen LogP contribution in [0.4, 0.5) is 5.82 Å². The Bertz CT molecular complexity index is 1800. The summed E-state index contributed by atoms with van der Waals surface area (Å²) in [7, 11) is -3.37. The third-order valence-corrected chi connectivity index (χ3v) is 9.60. The van der Waals surface area contributed by atoms with Crippen LogP contribution in [0.15, 0.2) is 57.1 Å². The fourth-order valence-corrected chi connectivity index (χ4v) is 6.24. The van der Waals surface area contributed by atoms with Gasteiger partial charge in [0.2, 0.25) is 0 Å². The van der Waals surface area contributed by atoms with E-state index in [0.29, 0.717) is 41.4 Å². The molecule has 2 aliphatic carbocycles. The third kappa shape index (κ3) is 5.74. The van der Waals surface area contributed by atoms with Gasteiger partial charge in [-0.1, -0.05) is 13.5 Å². The van der Waals surface area contributed by atoms with E-state index in [1.54, 1.807) is 30.0 Å². The van der Waals surface area contributed by atoms with Gasteiger partial charge in [0.25, 0.3) is 5.56 Å². The van der Waals surface area contributed by atoms with Gasteiger partial charge >= 0.3 is 0 Å². The SMILES string of the molecule is C=C(/C(=C(C)\N=C/C)c1ncc2nc(NCc3ccc(S(=O)(=O)CC)cn3)c(=O)n(C3CCCC3C#N)c2n1)C1CC1. The Balaban J connectivity index is 1.58. The van der Waals surface area contributed by atoms with Crippen LogP contribution in [0.3, 0.4) is 0 Å². The molecule has 0 bridgehead atoms. The van der Waals surface area contributed by atoms with E-state index < -0.39 is 9.84 Å². The summed E-state index contributed by atoms with van der Waals surface area (Å²) < 4.78 is 25.8. The molecular weight excluding hydrogens is 552 g/mol. The molecule has 0 radical (unpaired) electrons. The van der Waals surface area contributed by atoms with Crippen LogP contribution in [-0.2, 0) is 16.4 Å². The van der Waals surface area contributed by atoms with Crippen LogP contribution in [0, 0.1) is 23.2 Å². The zero-order valence-electron chi connectivity index (χ0n) is 24.0. The normalized spacial score (nSPS) is 19.6. The second-order valence-electron chi connectivity index (χ2n) is 10.7. The van der Waals surface area contributed by atoms with Crippen molar-refractivity contribution in [2.75, 3.05) is 11.1 Å². The molecule has 3 aromatic heterocycles. The van der Waals surface area contributed by atoms with Crippen LogP contribution < -0.4 is 10.9 Å². The highest BCUT2D eigenvalue weighted by Gasteiger charge is 2.33.